The number of carbonyl (C=O) groups excluding carboxylic acids is 2. The number of hydrogen-bond donors (Lipinski definition) is 2. The van der Waals surface area contributed by atoms with Gasteiger partial charge in [-0.25, -0.2) is 4.79 Å². The highest BCUT2D eigenvalue weighted by Gasteiger charge is 2.28. The normalized spacial score (nSPS) is 13.9. The molecule has 0 aliphatic heterocycles. The van der Waals surface area contributed by atoms with Gasteiger partial charge in [-0.1, -0.05) is 25.4 Å². The number of carbonyl (C=O) groups is 2. The molecule has 2 atom stereocenters. The molecule has 0 saturated heterocycles. The van der Waals surface area contributed by atoms with Crippen LogP contribution in [0.4, 0.5) is 4.79 Å². The molecule has 1 heterocycles. The van der Waals surface area contributed by atoms with Crippen molar-refractivity contribution in [2.75, 3.05) is 6.54 Å². The lowest BCUT2D eigenvalue weighted by Gasteiger charge is -2.26. The van der Waals surface area contributed by atoms with E-state index in [0.717, 1.165) is 17.9 Å². The predicted molar refractivity (Wildman–Crippen MR) is 90.6 cm³/mol. The smallest absolute Gasteiger partial charge is 0.408 e. The van der Waals surface area contributed by atoms with Crippen molar-refractivity contribution in [3.05, 3.63) is 17.5 Å². The summed E-state index contributed by atoms with van der Waals surface area (Å²) in [6, 6.07) is 1.20. The fourth-order valence-electron chi connectivity index (χ4n) is 2.10. The van der Waals surface area contributed by atoms with Crippen LogP contribution >= 0.6 is 0 Å². The molecule has 0 saturated carbocycles. The van der Waals surface area contributed by atoms with Gasteiger partial charge in [0.1, 0.15) is 17.4 Å². The molecule has 2 unspecified atom stereocenters. The van der Waals surface area contributed by atoms with E-state index < -0.39 is 17.7 Å². The number of hydrogen-bond acceptors (Lipinski definition) is 5. The minimum atomic E-state index is -0.635. The number of nitrogens with one attached hydrogen (secondary N) is 2. The number of rotatable bonds is 7. The second-order valence-electron chi connectivity index (χ2n) is 6.98. The molecule has 2 amide bonds. The van der Waals surface area contributed by atoms with Crippen LogP contribution in [0.1, 0.15) is 52.5 Å². The lowest BCUT2D eigenvalue weighted by molar-refractivity contribution is -0.124. The van der Waals surface area contributed by atoms with E-state index in [9.17, 15) is 9.59 Å². The maximum absolute atomic E-state index is 12.4. The first kappa shape index (κ1) is 20.0. The summed E-state index contributed by atoms with van der Waals surface area (Å²) in [4.78, 5) is 24.4. The van der Waals surface area contributed by atoms with Gasteiger partial charge in [0.25, 0.3) is 0 Å². The molecule has 7 heteroatoms. The largest absolute Gasteiger partial charge is 0.444 e. The molecule has 136 valence electrons. The van der Waals surface area contributed by atoms with Gasteiger partial charge in [0, 0.05) is 19.0 Å². The van der Waals surface area contributed by atoms with Crippen LogP contribution in [0.15, 0.2) is 10.6 Å². The van der Waals surface area contributed by atoms with E-state index in [1.807, 2.05) is 26.8 Å². The standard InChI is InChI=1S/C17H29N3O4/c1-7-11(2)14(19-16(22)23-17(4,5)6)15(21)18-9-8-13-10-12(3)24-20-13/h10-11,14H,7-9H2,1-6H3,(H,18,21)(H,19,22). The number of alkyl carbamates (subject to hydrolysis) is 1. The molecular weight excluding hydrogens is 310 g/mol. The van der Waals surface area contributed by atoms with E-state index in [4.69, 9.17) is 9.26 Å². The molecule has 0 aliphatic rings. The van der Waals surface area contributed by atoms with Crippen LogP contribution in [0.3, 0.4) is 0 Å². The highest BCUT2D eigenvalue weighted by Crippen LogP contribution is 2.11. The van der Waals surface area contributed by atoms with Crippen molar-refractivity contribution in [1.82, 2.24) is 15.8 Å². The first-order valence-corrected chi connectivity index (χ1v) is 8.31. The summed E-state index contributed by atoms with van der Waals surface area (Å²) in [5.74, 6) is 0.502. The Morgan fingerprint density at radius 2 is 2.04 bits per heavy atom. The predicted octanol–water partition coefficient (Wildman–Crippen LogP) is 2.58. The number of ether oxygens (including phenoxy) is 1. The maximum Gasteiger partial charge on any atom is 0.408 e. The fourth-order valence-corrected chi connectivity index (χ4v) is 2.10. The SMILES string of the molecule is CCC(C)C(NC(=O)OC(C)(C)C)C(=O)NCCc1cc(C)on1. The summed E-state index contributed by atoms with van der Waals surface area (Å²) >= 11 is 0. The summed E-state index contributed by atoms with van der Waals surface area (Å²) in [6.45, 7) is 11.5. The van der Waals surface area contributed by atoms with Gasteiger partial charge in [-0.2, -0.15) is 0 Å². The lowest BCUT2D eigenvalue weighted by atomic mass is 9.98. The fraction of sp³-hybridized carbons (Fsp3) is 0.706. The van der Waals surface area contributed by atoms with Crippen LogP contribution in [0.25, 0.3) is 0 Å². The number of amides is 2. The molecule has 0 aliphatic carbocycles. The summed E-state index contributed by atoms with van der Waals surface area (Å²) in [5, 5.41) is 9.38. The Hall–Kier alpha value is -2.05. The van der Waals surface area contributed by atoms with Gasteiger partial charge >= 0.3 is 6.09 Å². The van der Waals surface area contributed by atoms with Crippen LogP contribution in [-0.2, 0) is 16.0 Å². The molecule has 2 N–H and O–H groups in total. The average molecular weight is 339 g/mol. The van der Waals surface area contributed by atoms with Crippen molar-refractivity contribution >= 4 is 12.0 Å². The monoisotopic (exact) mass is 339 g/mol. The molecule has 0 fully saturated rings. The van der Waals surface area contributed by atoms with E-state index in [1.54, 1.807) is 20.8 Å². The van der Waals surface area contributed by atoms with Gasteiger partial charge in [-0.3, -0.25) is 4.79 Å². The van der Waals surface area contributed by atoms with Gasteiger partial charge in [0.05, 0.1) is 5.69 Å². The molecule has 24 heavy (non-hydrogen) atoms. The van der Waals surface area contributed by atoms with Crippen molar-refractivity contribution < 1.29 is 18.8 Å². The van der Waals surface area contributed by atoms with E-state index in [-0.39, 0.29) is 11.8 Å². The van der Waals surface area contributed by atoms with E-state index in [0.29, 0.717) is 13.0 Å². The van der Waals surface area contributed by atoms with Crippen molar-refractivity contribution in [1.29, 1.82) is 0 Å². The Morgan fingerprint density at radius 3 is 2.54 bits per heavy atom. The van der Waals surface area contributed by atoms with Crippen molar-refractivity contribution in [3.8, 4) is 0 Å². The van der Waals surface area contributed by atoms with Gasteiger partial charge < -0.3 is 19.9 Å². The Bertz CT molecular complexity index is 548. The molecular formula is C17H29N3O4. The minimum Gasteiger partial charge on any atom is -0.444 e. The first-order chi connectivity index (χ1) is 11.1. The zero-order valence-electron chi connectivity index (χ0n) is 15.4. The highest BCUT2D eigenvalue weighted by molar-refractivity contribution is 5.85. The van der Waals surface area contributed by atoms with Gasteiger partial charge in [0.15, 0.2) is 0 Å². The molecule has 0 spiro atoms. The molecule has 0 bridgehead atoms. The molecule has 0 aromatic carbocycles. The van der Waals surface area contributed by atoms with Crippen LogP contribution in [0.5, 0.6) is 0 Å². The third-order valence-corrected chi connectivity index (χ3v) is 3.52. The number of aromatic nitrogens is 1. The van der Waals surface area contributed by atoms with Crippen LogP contribution in [-0.4, -0.2) is 35.3 Å². The van der Waals surface area contributed by atoms with E-state index >= 15 is 0 Å². The molecule has 0 radical (unpaired) electrons. The van der Waals surface area contributed by atoms with Crippen LogP contribution < -0.4 is 10.6 Å². The van der Waals surface area contributed by atoms with Crippen LogP contribution in [0, 0.1) is 12.8 Å². The summed E-state index contributed by atoms with van der Waals surface area (Å²) < 4.78 is 10.2. The number of nitrogens with zero attached hydrogens (tertiary/aromatic N) is 1. The molecule has 1 aromatic rings. The highest BCUT2D eigenvalue weighted by atomic mass is 16.6. The Morgan fingerprint density at radius 1 is 1.38 bits per heavy atom. The second kappa shape index (κ2) is 8.70. The Kier molecular flexibility index (Phi) is 7.25. The zero-order chi connectivity index (χ0) is 18.3. The van der Waals surface area contributed by atoms with E-state index in [1.165, 1.54) is 0 Å². The van der Waals surface area contributed by atoms with Gasteiger partial charge in [0.2, 0.25) is 5.91 Å². The Labute approximate surface area is 143 Å². The summed E-state index contributed by atoms with van der Waals surface area (Å²) in [7, 11) is 0. The van der Waals surface area contributed by atoms with Crippen molar-refractivity contribution in [3.63, 3.8) is 0 Å². The second-order valence-corrected chi connectivity index (χ2v) is 6.98. The van der Waals surface area contributed by atoms with Crippen molar-refractivity contribution in [2.45, 2.75) is 66.0 Å². The maximum atomic E-state index is 12.4. The van der Waals surface area contributed by atoms with Crippen molar-refractivity contribution in [2.24, 2.45) is 5.92 Å². The third kappa shape index (κ3) is 7.02. The van der Waals surface area contributed by atoms with E-state index in [2.05, 4.69) is 15.8 Å². The van der Waals surface area contributed by atoms with Gasteiger partial charge in [-0.15, -0.1) is 0 Å². The first-order valence-electron chi connectivity index (χ1n) is 8.31. The summed E-state index contributed by atoms with van der Waals surface area (Å²) in [5.41, 5.74) is 0.179. The quantitative estimate of drug-likeness (QED) is 0.796. The molecule has 1 rings (SSSR count). The summed E-state index contributed by atoms with van der Waals surface area (Å²) in [6.07, 6.45) is 0.745. The number of aryl methyl sites for hydroxylation is 1. The lowest BCUT2D eigenvalue weighted by Crippen LogP contribution is -2.51. The molecule has 1 aromatic heterocycles. The minimum absolute atomic E-state index is 0.00758. The van der Waals surface area contributed by atoms with Crippen LogP contribution in [0.2, 0.25) is 0 Å². The van der Waals surface area contributed by atoms with Gasteiger partial charge in [-0.05, 0) is 33.6 Å². The average Bonchev–Trinajstić information content (AvgIpc) is 2.87. The Balaban J connectivity index is 2.56. The topological polar surface area (TPSA) is 93.5 Å². The molecule has 7 nitrogen and oxygen atoms in total. The zero-order valence-corrected chi connectivity index (χ0v) is 15.4. The third-order valence-electron chi connectivity index (χ3n) is 3.52.